The minimum atomic E-state index is -1.12. The highest BCUT2D eigenvalue weighted by Gasteiger charge is 2.48. The van der Waals surface area contributed by atoms with Gasteiger partial charge in [-0.1, -0.05) is 23.5 Å². The molecule has 5 rings (SSSR count). The molecule has 1 saturated heterocycles. The number of Topliss-reactive ketones (excluding diaryl/α,β-unsaturated/α-hetero) is 1. The number of aliphatic hydroxyl groups is 1. The predicted molar refractivity (Wildman–Crippen MR) is 138 cm³/mol. The van der Waals surface area contributed by atoms with Gasteiger partial charge in [-0.05, 0) is 42.8 Å². The van der Waals surface area contributed by atoms with Gasteiger partial charge in [0.15, 0.2) is 16.6 Å². The SMILES string of the molecule is COC(=O)c1ccc(C2/C(=C(/O)c3ccc4c(c3)OCCO4)C(=O)C(=O)N2c2nc(C)c(C(=O)OC)s2)cc1. The number of anilines is 1. The average molecular weight is 551 g/mol. The Hall–Kier alpha value is -4.71. The number of esters is 2. The monoisotopic (exact) mass is 550 g/mol. The molecule has 2 aliphatic rings. The summed E-state index contributed by atoms with van der Waals surface area (Å²) in [6.45, 7) is 2.28. The third kappa shape index (κ3) is 4.48. The van der Waals surface area contributed by atoms with Gasteiger partial charge in [-0.15, -0.1) is 0 Å². The van der Waals surface area contributed by atoms with Gasteiger partial charge < -0.3 is 24.1 Å². The molecule has 3 heterocycles. The van der Waals surface area contributed by atoms with E-state index in [-0.39, 0.29) is 26.7 Å². The van der Waals surface area contributed by atoms with Crippen molar-refractivity contribution in [3.05, 3.63) is 75.3 Å². The van der Waals surface area contributed by atoms with Crippen LogP contribution in [0.4, 0.5) is 5.13 Å². The second-order valence-corrected chi connectivity index (χ2v) is 9.52. The fourth-order valence-corrected chi connectivity index (χ4v) is 5.39. The van der Waals surface area contributed by atoms with E-state index in [1.165, 1.54) is 32.4 Å². The maximum absolute atomic E-state index is 13.4. The number of aryl methyl sites for hydroxylation is 1. The molecule has 12 heteroatoms. The van der Waals surface area contributed by atoms with Crippen molar-refractivity contribution in [1.29, 1.82) is 0 Å². The fraction of sp³-hybridized carbons (Fsp3) is 0.222. The number of thiazole rings is 1. The Kier molecular flexibility index (Phi) is 6.79. The molecule has 1 fully saturated rings. The lowest BCUT2D eigenvalue weighted by Gasteiger charge is -2.23. The van der Waals surface area contributed by atoms with Crippen molar-refractivity contribution in [2.45, 2.75) is 13.0 Å². The van der Waals surface area contributed by atoms with E-state index in [0.717, 1.165) is 16.2 Å². The Morgan fingerprint density at radius 3 is 2.28 bits per heavy atom. The number of nitrogens with zero attached hydrogens (tertiary/aromatic N) is 2. The zero-order chi connectivity index (χ0) is 27.8. The van der Waals surface area contributed by atoms with E-state index in [9.17, 15) is 24.3 Å². The average Bonchev–Trinajstić information content (AvgIpc) is 3.47. The minimum Gasteiger partial charge on any atom is -0.507 e. The summed E-state index contributed by atoms with van der Waals surface area (Å²) in [5.74, 6) is -2.65. The number of aromatic nitrogens is 1. The molecule has 0 spiro atoms. The first kappa shape index (κ1) is 25.9. The van der Waals surface area contributed by atoms with E-state index in [1.807, 2.05) is 0 Å². The molecule has 0 bridgehead atoms. The summed E-state index contributed by atoms with van der Waals surface area (Å²) in [5.41, 5.74) is 1.01. The number of methoxy groups -OCH3 is 2. The van der Waals surface area contributed by atoms with Gasteiger partial charge >= 0.3 is 17.8 Å². The molecule has 2 aromatic carbocycles. The van der Waals surface area contributed by atoms with E-state index >= 15 is 0 Å². The molecule has 1 unspecified atom stereocenters. The second kappa shape index (κ2) is 10.2. The van der Waals surface area contributed by atoms with Crippen LogP contribution in [0.25, 0.3) is 5.76 Å². The van der Waals surface area contributed by atoms with E-state index < -0.39 is 35.4 Å². The first-order valence-corrected chi connectivity index (χ1v) is 12.5. The summed E-state index contributed by atoms with van der Waals surface area (Å²) in [6.07, 6.45) is 0. The van der Waals surface area contributed by atoms with Crippen LogP contribution in [0.15, 0.2) is 48.0 Å². The van der Waals surface area contributed by atoms with Crippen LogP contribution in [0.1, 0.15) is 42.9 Å². The highest BCUT2D eigenvalue weighted by atomic mass is 32.1. The van der Waals surface area contributed by atoms with Crippen LogP contribution in [0.2, 0.25) is 0 Å². The van der Waals surface area contributed by atoms with Crippen molar-refractivity contribution in [2.24, 2.45) is 0 Å². The van der Waals surface area contributed by atoms with Gasteiger partial charge in [-0.25, -0.2) is 14.6 Å². The molecule has 1 aromatic heterocycles. The molecule has 0 radical (unpaired) electrons. The summed E-state index contributed by atoms with van der Waals surface area (Å²) in [5, 5.41) is 11.5. The maximum atomic E-state index is 13.4. The van der Waals surface area contributed by atoms with Gasteiger partial charge in [0.25, 0.3) is 5.78 Å². The molecular weight excluding hydrogens is 528 g/mol. The van der Waals surface area contributed by atoms with Gasteiger partial charge in [0.1, 0.15) is 23.9 Å². The minimum absolute atomic E-state index is 0.0678. The van der Waals surface area contributed by atoms with Crippen LogP contribution in [0.5, 0.6) is 11.5 Å². The first-order valence-electron chi connectivity index (χ1n) is 11.7. The number of hydrogen-bond acceptors (Lipinski definition) is 11. The van der Waals surface area contributed by atoms with Crippen LogP contribution in [0, 0.1) is 6.92 Å². The number of aliphatic hydroxyl groups excluding tert-OH is 1. The number of carbonyl (C=O) groups is 4. The topological polar surface area (TPSA) is 142 Å². The van der Waals surface area contributed by atoms with E-state index in [0.29, 0.717) is 36.0 Å². The van der Waals surface area contributed by atoms with Gasteiger partial charge in [0, 0.05) is 5.56 Å². The second-order valence-electron chi connectivity index (χ2n) is 8.54. The standard InChI is InChI=1S/C27H22N2O9S/c1-13-23(26(34)36-3)39-27(28-13)29-20(14-4-6-15(7-5-14)25(33)35-2)19(22(31)24(29)32)21(30)16-8-9-17-18(12-16)38-11-10-37-17/h4-9,12,20,30H,10-11H2,1-3H3/b21-19-. The molecule has 3 aromatic rings. The van der Waals surface area contributed by atoms with Gasteiger partial charge in [0.2, 0.25) is 0 Å². The lowest BCUT2D eigenvalue weighted by atomic mass is 9.94. The lowest BCUT2D eigenvalue weighted by Crippen LogP contribution is -2.29. The number of benzene rings is 2. The Bertz CT molecular complexity index is 1540. The van der Waals surface area contributed by atoms with Gasteiger partial charge in [-0.2, -0.15) is 0 Å². The molecule has 0 saturated carbocycles. The molecule has 2 aliphatic heterocycles. The number of carbonyl (C=O) groups excluding carboxylic acids is 4. The van der Waals surface area contributed by atoms with Gasteiger partial charge in [-0.3, -0.25) is 14.5 Å². The van der Waals surface area contributed by atoms with Crippen LogP contribution >= 0.6 is 11.3 Å². The molecule has 1 N–H and O–H groups in total. The normalized spacial score (nSPS) is 17.7. The Balaban J connectivity index is 1.68. The molecule has 200 valence electrons. The molecule has 39 heavy (non-hydrogen) atoms. The molecule has 1 atom stereocenters. The largest absolute Gasteiger partial charge is 0.507 e. The zero-order valence-corrected chi connectivity index (χ0v) is 21.9. The first-order chi connectivity index (χ1) is 18.7. The third-order valence-corrected chi connectivity index (χ3v) is 7.41. The zero-order valence-electron chi connectivity index (χ0n) is 21.0. The van der Waals surface area contributed by atoms with Crippen molar-refractivity contribution in [2.75, 3.05) is 32.3 Å². The van der Waals surface area contributed by atoms with E-state index in [2.05, 4.69) is 4.98 Å². The van der Waals surface area contributed by atoms with Crippen molar-refractivity contribution in [3.8, 4) is 11.5 Å². The highest BCUT2D eigenvalue weighted by molar-refractivity contribution is 7.17. The summed E-state index contributed by atoms with van der Waals surface area (Å²) in [6, 6.07) is 9.63. The number of fused-ring (bicyclic) bond motifs is 1. The van der Waals surface area contributed by atoms with E-state index in [4.69, 9.17) is 18.9 Å². The fourth-order valence-electron chi connectivity index (χ4n) is 4.38. The summed E-state index contributed by atoms with van der Waals surface area (Å²) >= 11 is 0.886. The van der Waals surface area contributed by atoms with E-state index in [1.54, 1.807) is 31.2 Å². The number of amides is 1. The van der Waals surface area contributed by atoms with Crippen molar-refractivity contribution in [1.82, 2.24) is 4.98 Å². The van der Waals surface area contributed by atoms with Crippen LogP contribution < -0.4 is 14.4 Å². The van der Waals surface area contributed by atoms with Crippen molar-refractivity contribution >= 4 is 45.9 Å². The molecule has 0 aliphatic carbocycles. The number of rotatable bonds is 5. The maximum Gasteiger partial charge on any atom is 0.350 e. The highest BCUT2D eigenvalue weighted by Crippen LogP contribution is 2.44. The number of ether oxygens (including phenoxy) is 4. The quantitative estimate of drug-likeness (QED) is 0.217. The lowest BCUT2D eigenvalue weighted by molar-refractivity contribution is -0.132. The van der Waals surface area contributed by atoms with Crippen LogP contribution in [-0.2, 0) is 19.1 Å². The van der Waals surface area contributed by atoms with Crippen LogP contribution in [0.3, 0.4) is 0 Å². The van der Waals surface area contributed by atoms with Crippen LogP contribution in [-0.4, -0.2) is 61.2 Å². The summed E-state index contributed by atoms with van der Waals surface area (Å²) in [4.78, 5) is 56.7. The van der Waals surface area contributed by atoms with Crippen molar-refractivity contribution in [3.63, 3.8) is 0 Å². The summed E-state index contributed by atoms with van der Waals surface area (Å²) < 4.78 is 20.7. The Morgan fingerprint density at radius 2 is 1.62 bits per heavy atom. The number of hydrogen-bond donors (Lipinski definition) is 1. The smallest absolute Gasteiger partial charge is 0.350 e. The predicted octanol–water partition coefficient (Wildman–Crippen LogP) is 3.42. The number of ketones is 1. The molecule has 11 nitrogen and oxygen atoms in total. The molecule has 1 amide bonds. The van der Waals surface area contributed by atoms with Crippen molar-refractivity contribution < 1.29 is 43.2 Å². The summed E-state index contributed by atoms with van der Waals surface area (Å²) in [7, 11) is 2.48. The Morgan fingerprint density at radius 1 is 0.974 bits per heavy atom. The van der Waals surface area contributed by atoms with Gasteiger partial charge in [0.05, 0.1) is 37.1 Å². The Labute approximate surface area is 226 Å². The third-order valence-electron chi connectivity index (χ3n) is 6.27. The molecular formula is C27H22N2O9S.